The van der Waals surface area contributed by atoms with Crippen molar-refractivity contribution in [2.24, 2.45) is 0 Å². The predicted molar refractivity (Wildman–Crippen MR) is 124 cm³/mol. The first kappa shape index (κ1) is 28.8. The van der Waals surface area contributed by atoms with Crippen LogP contribution in [0.15, 0.2) is 46.9 Å². The maximum absolute atomic E-state index is 13.9. The van der Waals surface area contributed by atoms with Crippen LogP contribution in [0, 0.1) is 0 Å². The first-order chi connectivity index (χ1) is 18.0. The van der Waals surface area contributed by atoms with Gasteiger partial charge >= 0.3 is 12.4 Å². The van der Waals surface area contributed by atoms with Crippen molar-refractivity contribution in [3.8, 4) is 11.4 Å². The predicted octanol–water partition coefficient (Wildman–Crippen LogP) is 2.47. The number of benzene rings is 1. The second-order valence-electron chi connectivity index (χ2n) is 8.63. The summed E-state index contributed by atoms with van der Waals surface area (Å²) in [7, 11) is -4.44. The third-order valence-electron chi connectivity index (χ3n) is 6.13. The van der Waals surface area contributed by atoms with Gasteiger partial charge in [0.05, 0.1) is 10.4 Å². The van der Waals surface area contributed by atoms with Crippen LogP contribution in [0.4, 0.5) is 32.0 Å². The van der Waals surface area contributed by atoms with Gasteiger partial charge in [-0.15, -0.1) is 28.1 Å². The monoisotopic (exact) mass is 597 g/mol. The Hall–Kier alpha value is -3.22. The Morgan fingerprint density at radius 3 is 2.41 bits per heavy atom. The molecule has 10 nitrogen and oxygen atoms in total. The lowest BCUT2D eigenvalue weighted by molar-refractivity contribution is -0.374. The smallest absolute Gasteiger partial charge is 0.425 e. The molecule has 1 aliphatic heterocycles. The van der Waals surface area contributed by atoms with Crippen molar-refractivity contribution in [2.45, 2.75) is 35.1 Å². The number of rotatable bonds is 6. The van der Waals surface area contributed by atoms with Crippen LogP contribution >= 0.6 is 11.3 Å². The molecule has 1 aromatic carbocycles. The molecule has 1 saturated heterocycles. The number of aromatic amines is 1. The number of aromatic nitrogens is 4. The maximum Gasteiger partial charge on any atom is 0.425 e. The van der Waals surface area contributed by atoms with Crippen LogP contribution in [0.25, 0.3) is 11.4 Å². The highest BCUT2D eigenvalue weighted by Crippen LogP contribution is 2.46. The van der Waals surface area contributed by atoms with Crippen molar-refractivity contribution in [1.29, 1.82) is 0 Å². The zero-order valence-electron chi connectivity index (χ0n) is 19.8. The standard InChI is InChI=1S/C21H20F6N6O4S2/c1-11-10-32(15-4-3-13(18-28-30-31-29-18)9-14(15)20(22,23)24)7-8-33(11)39(36,37)17-6-5-16(38-17)19(35,12(2)34)21(25,26)27/h3-6,9,11,34-35H,2,7-8,10H2,1H3,(H,28,29,30,31)/p-1. The number of nitrogens with one attached hydrogen (secondary N) is 1. The van der Waals surface area contributed by atoms with Crippen LogP contribution in [-0.4, -0.2) is 70.3 Å². The average Bonchev–Trinajstić information content (AvgIpc) is 3.54. The molecule has 0 aliphatic carbocycles. The minimum absolute atomic E-state index is 0.0513. The first-order valence-corrected chi connectivity index (χ1v) is 13.2. The summed E-state index contributed by atoms with van der Waals surface area (Å²) in [6.45, 7) is 3.45. The number of hydrogen-bond acceptors (Lipinski definition) is 9. The molecule has 0 saturated carbocycles. The van der Waals surface area contributed by atoms with Crippen molar-refractivity contribution < 1.29 is 45.0 Å². The summed E-state index contributed by atoms with van der Waals surface area (Å²) in [5, 5.41) is 34.4. The van der Waals surface area contributed by atoms with E-state index in [4.69, 9.17) is 0 Å². The molecule has 0 spiro atoms. The fourth-order valence-corrected chi connectivity index (χ4v) is 7.36. The third-order valence-corrected chi connectivity index (χ3v) is 9.80. The van der Waals surface area contributed by atoms with Gasteiger partial charge in [0, 0.05) is 36.9 Å². The molecular formula is C21H19F6N6O4S2-. The Bertz CT molecular complexity index is 1470. The Kier molecular flexibility index (Phi) is 7.20. The van der Waals surface area contributed by atoms with E-state index >= 15 is 0 Å². The van der Waals surface area contributed by atoms with Gasteiger partial charge in [0.1, 0.15) is 4.21 Å². The molecule has 2 atom stereocenters. The number of alkyl halides is 6. The molecule has 3 heterocycles. The lowest BCUT2D eigenvalue weighted by Gasteiger charge is -2.40. The lowest BCUT2D eigenvalue weighted by atomic mass is 10.00. The van der Waals surface area contributed by atoms with Crippen LogP contribution in [0.3, 0.4) is 0 Å². The number of hydrogen-bond donors (Lipinski definition) is 2. The number of piperazine rings is 1. The second-order valence-corrected chi connectivity index (χ2v) is 11.8. The van der Waals surface area contributed by atoms with E-state index in [1.165, 1.54) is 24.0 Å². The van der Waals surface area contributed by atoms with Gasteiger partial charge in [0.15, 0.2) is 0 Å². The van der Waals surface area contributed by atoms with Gasteiger partial charge in [-0.25, -0.2) is 8.42 Å². The molecule has 2 unspecified atom stereocenters. The number of tetrazole rings is 1. The molecule has 0 amide bonds. The van der Waals surface area contributed by atoms with E-state index < -0.39 is 54.4 Å². The van der Waals surface area contributed by atoms with Crippen LogP contribution in [0.5, 0.6) is 0 Å². The summed E-state index contributed by atoms with van der Waals surface area (Å²) in [5.41, 5.74) is -5.14. The number of anilines is 1. The van der Waals surface area contributed by atoms with Gasteiger partial charge in [-0.05, 0) is 42.5 Å². The highest BCUT2D eigenvalue weighted by molar-refractivity contribution is 7.91. The van der Waals surface area contributed by atoms with Crippen molar-refractivity contribution in [3.05, 3.63) is 53.1 Å². The van der Waals surface area contributed by atoms with E-state index in [2.05, 4.69) is 27.2 Å². The molecule has 4 rings (SSSR count). The fraction of sp³-hybridized carbons (Fsp3) is 0.381. The molecule has 2 N–H and O–H groups in total. The maximum atomic E-state index is 13.9. The summed E-state index contributed by atoms with van der Waals surface area (Å²) in [5.74, 6) is -1.93. The van der Waals surface area contributed by atoms with E-state index in [-0.39, 0.29) is 48.0 Å². The largest absolute Gasteiger partial charge is 0.873 e. The molecule has 1 fully saturated rings. The van der Waals surface area contributed by atoms with Gasteiger partial charge in [-0.2, -0.15) is 35.9 Å². The number of aliphatic hydroxyl groups is 1. The van der Waals surface area contributed by atoms with Crippen molar-refractivity contribution in [2.75, 3.05) is 24.5 Å². The minimum atomic E-state index is -5.45. The van der Waals surface area contributed by atoms with E-state index in [0.717, 1.165) is 16.4 Å². The topological polar surface area (TPSA) is 138 Å². The summed E-state index contributed by atoms with van der Waals surface area (Å²) < 4.78 is 109. The molecule has 3 aromatic rings. The number of nitrogens with zero attached hydrogens (tertiary/aromatic N) is 5. The Balaban J connectivity index is 1.60. The summed E-state index contributed by atoms with van der Waals surface area (Å²) in [6.07, 6.45) is -10.2. The van der Waals surface area contributed by atoms with Crippen LogP contribution < -0.4 is 10.0 Å². The molecule has 0 bridgehead atoms. The SMILES string of the molecule is C=C([O-])C(O)(c1ccc(S(=O)(=O)N2CCN(c3ccc(-c4nn[nH]n4)cc3C(F)(F)F)CC2C)s1)C(F)(F)F. The Morgan fingerprint density at radius 1 is 1.18 bits per heavy atom. The van der Waals surface area contributed by atoms with Gasteiger partial charge in [-0.1, -0.05) is 5.76 Å². The zero-order chi connectivity index (χ0) is 29.0. The first-order valence-electron chi connectivity index (χ1n) is 11.0. The van der Waals surface area contributed by atoms with E-state index in [9.17, 15) is 45.0 Å². The molecule has 1 aliphatic rings. The molecule has 2 aromatic heterocycles. The Morgan fingerprint density at radius 2 is 1.87 bits per heavy atom. The number of halogens is 6. The van der Waals surface area contributed by atoms with E-state index in [0.29, 0.717) is 6.07 Å². The lowest BCUT2D eigenvalue weighted by Crippen LogP contribution is -2.54. The number of sulfonamides is 1. The van der Waals surface area contributed by atoms with Crippen LogP contribution in [0.2, 0.25) is 0 Å². The van der Waals surface area contributed by atoms with Gasteiger partial charge in [0.25, 0.3) is 10.0 Å². The number of H-pyrrole nitrogens is 1. The highest BCUT2D eigenvalue weighted by Gasteiger charge is 2.55. The summed E-state index contributed by atoms with van der Waals surface area (Å²) in [6, 6.07) is 4.03. The summed E-state index contributed by atoms with van der Waals surface area (Å²) >= 11 is 0.0586. The zero-order valence-corrected chi connectivity index (χ0v) is 21.4. The highest BCUT2D eigenvalue weighted by atomic mass is 32.2. The fourth-order valence-electron chi connectivity index (χ4n) is 4.18. The minimum Gasteiger partial charge on any atom is -0.873 e. The van der Waals surface area contributed by atoms with Crippen molar-refractivity contribution in [3.63, 3.8) is 0 Å². The summed E-state index contributed by atoms with van der Waals surface area (Å²) in [4.78, 5) is 0.375. The van der Waals surface area contributed by atoms with E-state index in [1.807, 2.05) is 0 Å². The van der Waals surface area contributed by atoms with Crippen molar-refractivity contribution >= 4 is 27.0 Å². The molecule has 212 valence electrons. The average molecular weight is 598 g/mol. The molecule has 39 heavy (non-hydrogen) atoms. The molecule has 0 radical (unpaired) electrons. The molecular weight excluding hydrogens is 578 g/mol. The van der Waals surface area contributed by atoms with Crippen LogP contribution in [-0.2, 0) is 21.8 Å². The number of thiophene rings is 1. The molecule has 18 heteroatoms. The van der Waals surface area contributed by atoms with Gasteiger partial charge < -0.3 is 15.1 Å². The van der Waals surface area contributed by atoms with Gasteiger partial charge in [0.2, 0.25) is 11.4 Å². The third kappa shape index (κ3) is 5.08. The van der Waals surface area contributed by atoms with Crippen LogP contribution in [0.1, 0.15) is 17.4 Å². The quantitative estimate of drug-likeness (QED) is 0.327. The second kappa shape index (κ2) is 9.76. The van der Waals surface area contributed by atoms with E-state index in [1.54, 1.807) is 0 Å². The normalized spacial score (nSPS) is 19.2. The van der Waals surface area contributed by atoms with Crippen molar-refractivity contribution in [1.82, 2.24) is 24.9 Å². The Labute approximate surface area is 221 Å². The van der Waals surface area contributed by atoms with Gasteiger partial charge in [-0.3, -0.25) is 0 Å².